The van der Waals surface area contributed by atoms with Crippen molar-refractivity contribution in [2.24, 2.45) is 5.92 Å². The molecule has 2 rings (SSSR count). The monoisotopic (exact) mass is 250 g/mol. The van der Waals surface area contributed by atoms with E-state index in [1.807, 2.05) is 0 Å². The zero-order valence-corrected chi connectivity index (χ0v) is 11.4. The molecule has 1 fully saturated rings. The highest BCUT2D eigenvalue weighted by molar-refractivity contribution is 5.48. The van der Waals surface area contributed by atoms with Gasteiger partial charge in [-0.2, -0.15) is 0 Å². The van der Waals surface area contributed by atoms with Crippen LogP contribution in [0.3, 0.4) is 0 Å². The minimum atomic E-state index is -0.136. The van der Waals surface area contributed by atoms with Crippen molar-refractivity contribution in [3.05, 3.63) is 29.6 Å². The molecular weight excluding hydrogens is 227 g/mol. The summed E-state index contributed by atoms with van der Waals surface area (Å²) in [4.78, 5) is 2.17. The van der Waals surface area contributed by atoms with Gasteiger partial charge in [-0.05, 0) is 55.5 Å². The van der Waals surface area contributed by atoms with E-state index in [1.54, 1.807) is 12.1 Å². The predicted octanol–water partition coefficient (Wildman–Crippen LogP) is 3.17. The molecule has 1 N–H and O–H groups in total. The molecule has 1 aliphatic rings. The molecule has 0 saturated heterocycles. The summed E-state index contributed by atoms with van der Waals surface area (Å²) in [5, 5.41) is 3.31. The van der Waals surface area contributed by atoms with Gasteiger partial charge in [-0.25, -0.2) is 4.39 Å². The van der Waals surface area contributed by atoms with Crippen molar-refractivity contribution in [2.75, 3.05) is 25.0 Å². The van der Waals surface area contributed by atoms with Crippen LogP contribution in [-0.4, -0.2) is 20.1 Å². The minimum absolute atomic E-state index is 0.136. The molecule has 18 heavy (non-hydrogen) atoms. The van der Waals surface area contributed by atoms with Crippen LogP contribution in [0.1, 0.15) is 31.7 Å². The molecule has 0 amide bonds. The number of hydrogen-bond acceptors (Lipinski definition) is 2. The summed E-state index contributed by atoms with van der Waals surface area (Å²) < 4.78 is 13.6. The molecule has 1 aromatic carbocycles. The smallest absolute Gasteiger partial charge is 0.125 e. The molecule has 1 aromatic rings. The highest BCUT2D eigenvalue weighted by Gasteiger charge is 2.23. The molecule has 2 nitrogen and oxygen atoms in total. The quantitative estimate of drug-likeness (QED) is 0.748. The fourth-order valence-electron chi connectivity index (χ4n) is 2.16. The standard InChI is InChI=1S/C15H23FN2/c1-3-6-17-10-13-7-14(16)9-15(8-13)18(2)11-12-4-5-12/h7-9,12,17H,3-6,10-11H2,1-2H3. The maximum absolute atomic E-state index is 13.6. The maximum Gasteiger partial charge on any atom is 0.125 e. The molecule has 0 unspecified atom stereocenters. The normalized spacial score (nSPS) is 14.8. The number of anilines is 1. The lowest BCUT2D eigenvalue weighted by atomic mass is 10.1. The summed E-state index contributed by atoms with van der Waals surface area (Å²) in [6.45, 7) is 4.90. The highest BCUT2D eigenvalue weighted by atomic mass is 19.1. The Morgan fingerprint density at radius 1 is 1.33 bits per heavy atom. The highest BCUT2D eigenvalue weighted by Crippen LogP contribution is 2.31. The second-order valence-electron chi connectivity index (χ2n) is 5.32. The molecule has 0 aromatic heterocycles. The Balaban J connectivity index is 1.99. The van der Waals surface area contributed by atoms with Crippen molar-refractivity contribution in [1.29, 1.82) is 0 Å². The lowest BCUT2D eigenvalue weighted by Gasteiger charge is -2.20. The fourth-order valence-corrected chi connectivity index (χ4v) is 2.16. The van der Waals surface area contributed by atoms with Gasteiger partial charge in [0.1, 0.15) is 5.82 Å². The number of nitrogens with one attached hydrogen (secondary N) is 1. The molecule has 0 aliphatic heterocycles. The summed E-state index contributed by atoms with van der Waals surface area (Å²) in [5.41, 5.74) is 2.02. The van der Waals surface area contributed by atoms with Crippen LogP contribution in [0.15, 0.2) is 18.2 Å². The van der Waals surface area contributed by atoms with E-state index in [9.17, 15) is 4.39 Å². The zero-order chi connectivity index (χ0) is 13.0. The van der Waals surface area contributed by atoms with Crippen LogP contribution in [0.5, 0.6) is 0 Å². The van der Waals surface area contributed by atoms with Crippen LogP contribution in [0.25, 0.3) is 0 Å². The van der Waals surface area contributed by atoms with Gasteiger partial charge in [-0.1, -0.05) is 6.92 Å². The van der Waals surface area contributed by atoms with Gasteiger partial charge < -0.3 is 10.2 Å². The lowest BCUT2D eigenvalue weighted by Crippen LogP contribution is -2.21. The number of nitrogens with zero attached hydrogens (tertiary/aromatic N) is 1. The third-order valence-corrected chi connectivity index (χ3v) is 3.37. The molecule has 0 spiro atoms. The number of benzene rings is 1. The third-order valence-electron chi connectivity index (χ3n) is 3.37. The SMILES string of the molecule is CCCNCc1cc(F)cc(N(C)CC2CC2)c1. The summed E-state index contributed by atoms with van der Waals surface area (Å²) in [7, 11) is 2.05. The van der Waals surface area contributed by atoms with Gasteiger partial charge in [0.15, 0.2) is 0 Å². The first-order chi connectivity index (χ1) is 8.69. The number of rotatable bonds is 7. The summed E-state index contributed by atoms with van der Waals surface area (Å²) >= 11 is 0. The van der Waals surface area contributed by atoms with E-state index in [0.717, 1.165) is 43.2 Å². The average Bonchev–Trinajstić information content (AvgIpc) is 3.12. The van der Waals surface area contributed by atoms with Crippen LogP contribution in [0.2, 0.25) is 0 Å². The first-order valence-electron chi connectivity index (χ1n) is 6.90. The molecule has 0 bridgehead atoms. The van der Waals surface area contributed by atoms with E-state index in [1.165, 1.54) is 12.8 Å². The molecule has 0 heterocycles. The Morgan fingerprint density at radius 2 is 2.11 bits per heavy atom. The largest absolute Gasteiger partial charge is 0.374 e. The number of halogens is 1. The Labute approximate surface area is 109 Å². The van der Waals surface area contributed by atoms with Crippen LogP contribution in [0.4, 0.5) is 10.1 Å². The lowest BCUT2D eigenvalue weighted by molar-refractivity contribution is 0.618. The summed E-state index contributed by atoms with van der Waals surface area (Å²) in [5.74, 6) is 0.684. The molecule has 100 valence electrons. The van der Waals surface area contributed by atoms with Crippen molar-refractivity contribution in [2.45, 2.75) is 32.7 Å². The van der Waals surface area contributed by atoms with E-state index in [-0.39, 0.29) is 5.82 Å². The van der Waals surface area contributed by atoms with E-state index >= 15 is 0 Å². The van der Waals surface area contributed by atoms with Crippen LogP contribution < -0.4 is 10.2 Å². The molecular formula is C15H23FN2. The topological polar surface area (TPSA) is 15.3 Å². The van der Waals surface area contributed by atoms with Crippen molar-refractivity contribution in [3.8, 4) is 0 Å². The van der Waals surface area contributed by atoms with Crippen molar-refractivity contribution in [3.63, 3.8) is 0 Å². The van der Waals surface area contributed by atoms with Crippen LogP contribution >= 0.6 is 0 Å². The van der Waals surface area contributed by atoms with Crippen molar-refractivity contribution >= 4 is 5.69 Å². The van der Waals surface area contributed by atoms with E-state index in [4.69, 9.17) is 0 Å². The minimum Gasteiger partial charge on any atom is -0.374 e. The Morgan fingerprint density at radius 3 is 2.78 bits per heavy atom. The summed E-state index contributed by atoms with van der Waals surface area (Å²) in [6, 6.07) is 5.34. The molecule has 1 saturated carbocycles. The van der Waals surface area contributed by atoms with E-state index < -0.39 is 0 Å². The molecule has 0 radical (unpaired) electrons. The maximum atomic E-state index is 13.6. The Hall–Kier alpha value is -1.09. The Bertz CT molecular complexity index is 388. The number of hydrogen-bond donors (Lipinski definition) is 1. The average molecular weight is 250 g/mol. The van der Waals surface area contributed by atoms with Gasteiger partial charge in [0.25, 0.3) is 0 Å². The van der Waals surface area contributed by atoms with Gasteiger partial charge in [-0.15, -0.1) is 0 Å². The van der Waals surface area contributed by atoms with Crippen LogP contribution in [-0.2, 0) is 6.54 Å². The first kappa shape index (κ1) is 13.3. The molecule has 1 aliphatic carbocycles. The molecule has 0 atom stereocenters. The van der Waals surface area contributed by atoms with E-state index in [0.29, 0.717) is 0 Å². The third kappa shape index (κ3) is 3.98. The van der Waals surface area contributed by atoms with Crippen molar-refractivity contribution < 1.29 is 4.39 Å². The fraction of sp³-hybridized carbons (Fsp3) is 0.600. The van der Waals surface area contributed by atoms with E-state index in [2.05, 4.69) is 30.3 Å². The zero-order valence-electron chi connectivity index (χ0n) is 11.4. The second-order valence-corrected chi connectivity index (χ2v) is 5.32. The predicted molar refractivity (Wildman–Crippen MR) is 74.4 cm³/mol. The molecule has 3 heteroatoms. The van der Waals surface area contributed by atoms with Crippen LogP contribution in [0, 0.1) is 11.7 Å². The van der Waals surface area contributed by atoms with Gasteiger partial charge in [-0.3, -0.25) is 0 Å². The van der Waals surface area contributed by atoms with Gasteiger partial charge in [0.05, 0.1) is 0 Å². The second kappa shape index (κ2) is 6.19. The van der Waals surface area contributed by atoms with Gasteiger partial charge in [0.2, 0.25) is 0 Å². The van der Waals surface area contributed by atoms with Gasteiger partial charge in [0, 0.05) is 25.8 Å². The van der Waals surface area contributed by atoms with Crippen molar-refractivity contribution in [1.82, 2.24) is 5.32 Å². The summed E-state index contributed by atoms with van der Waals surface area (Å²) in [6.07, 6.45) is 3.75. The first-order valence-corrected chi connectivity index (χ1v) is 6.90. The van der Waals surface area contributed by atoms with Gasteiger partial charge >= 0.3 is 0 Å². The Kier molecular flexibility index (Phi) is 4.59.